The van der Waals surface area contributed by atoms with Gasteiger partial charge in [0.25, 0.3) is 0 Å². The van der Waals surface area contributed by atoms with Gasteiger partial charge < -0.3 is 13.6 Å². The normalized spacial score (nSPS) is 11.6. The second-order valence-electron chi connectivity index (χ2n) is 21.2. The second-order valence-corrected chi connectivity index (χ2v) is 21.2. The van der Waals surface area contributed by atoms with E-state index in [1.807, 2.05) is 54.6 Å². The highest BCUT2D eigenvalue weighted by Crippen LogP contribution is 2.48. The lowest BCUT2D eigenvalue weighted by molar-refractivity contribution is 0.666. The van der Waals surface area contributed by atoms with Crippen molar-refractivity contribution in [2.75, 3.05) is 0 Å². The van der Waals surface area contributed by atoms with Gasteiger partial charge in [0.1, 0.15) is 17.3 Å². The molecule has 0 aliphatic carbocycles. The molecular weight excluding hydrogens is 1010 g/mol. The quantitative estimate of drug-likeness (QED) is 0.144. The molecule has 0 bridgehead atoms. The van der Waals surface area contributed by atoms with Gasteiger partial charge in [-0.05, 0) is 111 Å². The van der Waals surface area contributed by atoms with Gasteiger partial charge in [-0.2, -0.15) is 5.26 Å². The molecular formula is C77H47N5O. The smallest absolute Gasteiger partial charge is 0.164 e. The van der Waals surface area contributed by atoms with Gasteiger partial charge in [-0.15, -0.1) is 0 Å². The Morgan fingerprint density at radius 1 is 0.289 bits per heavy atom. The van der Waals surface area contributed by atoms with Crippen molar-refractivity contribution in [1.82, 2.24) is 19.1 Å². The van der Waals surface area contributed by atoms with Crippen LogP contribution in [0.2, 0.25) is 0 Å². The zero-order valence-corrected chi connectivity index (χ0v) is 44.8. The van der Waals surface area contributed by atoms with Gasteiger partial charge in [-0.1, -0.05) is 218 Å². The van der Waals surface area contributed by atoms with E-state index in [1.165, 1.54) is 0 Å². The van der Waals surface area contributed by atoms with Crippen LogP contribution in [0.25, 0.3) is 155 Å². The van der Waals surface area contributed by atoms with Gasteiger partial charge in [0.05, 0.1) is 50.3 Å². The molecule has 0 aliphatic rings. The Labute approximate surface area is 478 Å². The Bertz CT molecular complexity index is 4980. The lowest BCUT2D eigenvalue weighted by Crippen LogP contribution is -2.07. The third kappa shape index (κ3) is 7.94. The number of para-hydroxylation sites is 1. The maximum atomic E-state index is 12.0. The number of nitriles is 1. The highest BCUT2D eigenvalue weighted by atomic mass is 16.3. The first-order valence-corrected chi connectivity index (χ1v) is 27.9. The molecule has 0 saturated carbocycles. The lowest BCUT2D eigenvalue weighted by Gasteiger charge is -2.19. The number of furan rings is 1. The minimum Gasteiger partial charge on any atom is -0.453 e. The maximum absolute atomic E-state index is 12.0. The Kier molecular flexibility index (Phi) is 11.2. The van der Waals surface area contributed by atoms with Crippen molar-refractivity contribution in [1.29, 1.82) is 5.26 Å². The number of hydrogen-bond acceptors (Lipinski definition) is 4. The summed E-state index contributed by atoms with van der Waals surface area (Å²) in [6.45, 7) is 0. The van der Waals surface area contributed by atoms with Crippen LogP contribution in [0.3, 0.4) is 0 Å². The van der Waals surface area contributed by atoms with Crippen molar-refractivity contribution in [2.24, 2.45) is 0 Å². The molecule has 16 rings (SSSR count). The molecule has 4 aromatic heterocycles. The van der Waals surface area contributed by atoms with Crippen molar-refractivity contribution in [3.05, 3.63) is 291 Å². The predicted octanol–water partition coefficient (Wildman–Crippen LogP) is 20.1. The monoisotopic (exact) mass is 1060 g/mol. The summed E-state index contributed by atoms with van der Waals surface area (Å²) >= 11 is 0. The average Bonchev–Trinajstić information content (AvgIpc) is 3.07. The number of benzene rings is 12. The first kappa shape index (κ1) is 47.6. The molecule has 0 fully saturated rings. The van der Waals surface area contributed by atoms with Gasteiger partial charge >= 0.3 is 0 Å². The summed E-state index contributed by atoms with van der Waals surface area (Å²) in [5.74, 6) is 0.529. The van der Waals surface area contributed by atoms with Crippen LogP contribution in [0.5, 0.6) is 0 Å². The van der Waals surface area contributed by atoms with Crippen molar-refractivity contribution in [3.63, 3.8) is 0 Å². The molecule has 386 valence electrons. The summed E-state index contributed by atoms with van der Waals surface area (Å²) in [6, 6.07) is 103. The van der Waals surface area contributed by atoms with E-state index in [0.29, 0.717) is 28.2 Å². The summed E-state index contributed by atoms with van der Waals surface area (Å²) in [6.07, 6.45) is 0. The van der Waals surface area contributed by atoms with Gasteiger partial charge in [0, 0.05) is 43.4 Å². The molecule has 0 atom stereocenters. The fourth-order valence-electron chi connectivity index (χ4n) is 12.5. The van der Waals surface area contributed by atoms with E-state index in [4.69, 9.17) is 14.4 Å². The molecule has 6 nitrogen and oxygen atoms in total. The van der Waals surface area contributed by atoms with E-state index in [9.17, 15) is 5.26 Å². The van der Waals surface area contributed by atoms with E-state index in [1.54, 1.807) is 0 Å². The van der Waals surface area contributed by atoms with Crippen LogP contribution in [0.1, 0.15) is 5.56 Å². The second kappa shape index (κ2) is 19.5. The summed E-state index contributed by atoms with van der Waals surface area (Å²) in [5.41, 5.74) is 20.2. The molecule has 83 heavy (non-hydrogen) atoms. The van der Waals surface area contributed by atoms with Crippen molar-refractivity contribution >= 4 is 65.6 Å². The Morgan fingerprint density at radius 3 is 1.02 bits per heavy atom. The van der Waals surface area contributed by atoms with Crippen LogP contribution in [0.15, 0.2) is 290 Å². The minimum absolute atomic E-state index is 0.490. The van der Waals surface area contributed by atoms with Gasteiger partial charge in [0.2, 0.25) is 0 Å². The molecule has 0 unspecified atom stereocenters. The van der Waals surface area contributed by atoms with Gasteiger partial charge in [0.15, 0.2) is 11.4 Å². The fourth-order valence-corrected chi connectivity index (χ4v) is 12.5. The van der Waals surface area contributed by atoms with Gasteiger partial charge in [-0.25, -0.2) is 9.97 Å². The van der Waals surface area contributed by atoms with E-state index >= 15 is 0 Å². The Balaban J connectivity index is 1.05. The zero-order valence-electron chi connectivity index (χ0n) is 44.8. The SMILES string of the molecule is N#Cc1cc2c(oc3c(-c4nc(-c5ccccc5)cc(-c5ccccc5)n4)cccc32)c(-n2c3ccc(-c4ccccc4)cc3c3cc(-c4ccccc4)ccc32)c1-n1c2ccc(-c3ccccc3)cc2c2cc(-c3ccccc3)ccc21. The minimum atomic E-state index is 0.490. The van der Waals surface area contributed by atoms with E-state index in [2.05, 4.69) is 246 Å². The van der Waals surface area contributed by atoms with Crippen molar-refractivity contribution in [3.8, 4) is 95.9 Å². The summed E-state index contributed by atoms with van der Waals surface area (Å²) in [7, 11) is 0. The van der Waals surface area contributed by atoms with Crippen LogP contribution < -0.4 is 0 Å². The fraction of sp³-hybridized carbons (Fsp3) is 0. The van der Waals surface area contributed by atoms with E-state index in [-0.39, 0.29) is 0 Å². The van der Waals surface area contributed by atoms with E-state index < -0.39 is 0 Å². The molecule has 0 spiro atoms. The van der Waals surface area contributed by atoms with Crippen LogP contribution >= 0.6 is 0 Å². The maximum Gasteiger partial charge on any atom is 0.164 e. The number of fused-ring (bicyclic) bond motifs is 9. The molecule has 12 aromatic carbocycles. The Morgan fingerprint density at radius 2 is 0.651 bits per heavy atom. The molecule has 0 saturated heterocycles. The van der Waals surface area contributed by atoms with Crippen LogP contribution in [-0.4, -0.2) is 19.1 Å². The molecule has 16 aromatic rings. The topological polar surface area (TPSA) is 72.6 Å². The van der Waals surface area contributed by atoms with Crippen molar-refractivity contribution in [2.45, 2.75) is 0 Å². The predicted molar refractivity (Wildman–Crippen MR) is 341 cm³/mol. The molecule has 6 heteroatoms. The molecule has 0 amide bonds. The third-order valence-corrected chi connectivity index (χ3v) is 16.4. The highest BCUT2D eigenvalue weighted by molar-refractivity contribution is 6.19. The van der Waals surface area contributed by atoms with Crippen LogP contribution in [0, 0.1) is 11.3 Å². The largest absolute Gasteiger partial charge is 0.453 e. The average molecular weight is 1060 g/mol. The molecule has 0 radical (unpaired) electrons. The Hall–Kier alpha value is -11.4. The molecule has 4 heterocycles. The van der Waals surface area contributed by atoms with Crippen LogP contribution in [0.4, 0.5) is 0 Å². The number of rotatable bonds is 9. The zero-order chi connectivity index (χ0) is 55.0. The van der Waals surface area contributed by atoms with E-state index in [0.717, 1.165) is 133 Å². The van der Waals surface area contributed by atoms with Crippen LogP contribution in [-0.2, 0) is 0 Å². The first-order valence-electron chi connectivity index (χ1n) is 27.9. The number of aromatic nitrogens is 4. The number of hydrogen-bond donors (Lipinski definition) is 0. The summed E-state index contributed by atoms with van der Waals surface area (Å²) in [5, 5.41) is 17.9. The third-order valence-electron chi connectivity index (χ3n) is 16.4. The molecule has 0 aliphatic heterocycles. The first-order chi connectivity index (χ1) is 41.1. The van der Waals surface area contributed by atoms with Crippen molar-refractivity contribution < 1.29 is 4.42 Å². The lowest BCUT2D eigenvalue weighted by atomic mass is 10.0. The highest BCUT2D eigenvalue weighted by Gasteiger charge is 2.29. The number of nitrogens with zero attached hydrogens (tertiary/aromatic N) is 5. The molecule has 0 N–H and O–H groups in total. The summed E-state index contributed by atoms with van der Waals surface area (Å²) < 4.78 is 12.3. The van der Waals surface area contributed by atoms with Gasteiger partial charge in [-0.3, -0.25) is 0 Å². The standard InChI is InChI=1S/C77H47N5O/c78-48-59-46-66-60-32-19-33-61(77-79-67(53-28-15-5-16-29-53)47-68(80-77)54-30-17-6-18-31-54)75(60)83-76(66)74(82-71-40-36-57(51-24-11-3-12-25-51)44-64(71)65-45-58(37-41-72(65)82)52-26-13-4-14-27-52)73(59)81-69-38-34-55(49-20-7-1-8-21-49)42-62(69)63-43-56(35-39-70(63)81)50-22-9-2-10-23-50/h1-47H. The summed E-state index contributed by atoms with van der Waals surface area (Å²) in [4.78, 5) is 10.7.